The standard InChI is InChI=1S/C12H18N4/c1-9(13)8-15(2)12-10-6-4-5-7-11(10)16(3)14-12/h4-7,9H,8,13H2,1-3H3. The number of aromatic nitrogens is 2. The van der Waals surface area contributed by atoms with Crippen LogP contribution in [0.1, 0.15) is 6.92 Å². The van der Waals surface area contributed by atoms with Crippen molar-refractivity contribution in [1.29, 1.82) is 0 Å². The molecule has 0 radical (unpaired) electrons. The minimum Gasteiger partial charge on any atom is -0.356 e. The Kier molecular flexibility index (Phi) is 2.83. The molecule has 0 amide bonds. The molecule has 0 aliphatic rings. The van der Waals surface area contributed by atoms with Gasteiger partial charge in [0.2, 0.25) is 0 Å². The van der Waals surface area contributed by atoms with Crippen molar-refractivity contribution in [3.8, 4) is 0 Å². The third-order valence-electron chi connectivity index (χ3n) is 2.66. The molecule has 0 bridgehead atoms. The average Bonchev–Trinajstić information content (AvgIpc) is 2.56. The van der Waals surface area contributed by atoms with Gasteiger partial charge in [-0.1, -0.05) is 12.1 Å². The number of hydrogen-bond donors (Lipinski definition) is 1. The van der Waals surface area contributed by atoms with Gasteiger partial charge in [0, 0.05) is 32.1 Å². The Balaban J connectivity index is 2.44. The molecule has 2 aromatic rings. The molecule has 1 aromatic heterocycles. The fourth-order valence-corrected chi connectivity index (χ4v) is 2.00. The van der Waals surface area contributed by atoms with Gasteiger partial charge in [-0.05, 0) is 19.1 Å². The van der Waals surface area contributed by atoms with E-state index in [0.29, 0.717) is 0 Å². The minimum atomic E-state index is 0.144. The molecule has 1 heterocycles. The zero-order chi connectivity index (χ0) is 11.7. The summed E-state index contributed by atoms with van der Waals surface area (Å²) >= 11 is 0. The number of para-hydroxylation sites is 1. The van der Waals surface area contributed by atoms with Gasteiger partial charge in [0.25, 0.3) is 0 Å². The van der Waals surface area contributed by atoms with Crippen LogP contribution in [0.2, 0.25) is 0 Å². The Morgan fingerprint density at radius 1 is 1.44 bits per heavy atom. The normalized spacial score (nSPS) is 13.0. The molecule has 16 heavy (non-hydrogen) atoms. The van der Waals surface area contributed by atoms with Crippen molar-refractivity contribution in [2.45, 2.75) is 13.0 Å². The monoisotopic (exact) mass is 218 g/mol. The molecular formula is C12H18N4. The molecule has 4 nitrogen and oxygen atoms in total. The highest BCUT2D eigenvalue weighted by molar-refractivity contribution is 5.90. The Morgan fingerprint density at radius 3 is 2.81 bits per heavy atom. The summed E-state index contributed by atoms with van der Waals surface area (Å²) in [6, 6.07) is 8.37. The van der Waals surface area contributed by atoms with Crippen LogP contribution in [0.5, 0.6) is 0 Å². The molecule has 2 N–H and O–H groups in total. The van der Waals surface area contributed by atoms with Gasteiger partial charge in [-0.15, -0.1) is 0 Å². The number of likely N-dealkylation sites (N-methyl/N-ethyl adjacent to an activating group) is 1. The molecule has 0 fully saturated rings. The van der Waals surface area contributed by atoms with Crippen LogP contribution in [0.25, 0.3) is 10.9 Å². The number of aryl methyl sites for hydroxylation is 1. The Bertz CT molecular complexity index is 487. The first-order valence-electron chi connectivity index (χ1n) is 5.48. The fraction of sp³-hybridized carbons (Fsp3) is 0.417. The van der Waals surface area contributed by atoms with E-state index in [1.54, 1.807) is 0 Å². The summed E-state index contributed by atoms with van der Waals surface area (Å²) in [7, 11) is 3.99. The number of nitrogens with zero attached hydrogens (tertiary/aromatic N) is 3. The highest BCUT2D eigenvalue weighted by atomic mass is 15.3. The summed E-state index contributed by atoms with van der Waals surface area (Å²) < 4.78 is 1.91. The van der Waals surface area contributed by atoms with Crippen molar-refractivity contribution in [2.75, 3.05) is 18.5 Å². The van der Waals surface area contributed by atoms with Gasteiger partial charge in [0.05, 0.1) is 5.52 Å². The minimum absolute atomic E-state index is 0.144. The summed E-state index contributed by atoms with van der Waals surface area (Å²) in [5.41, 5.74) is 6.95. The van der Waals surface area contributed by atoms with Gasteiger partial charge in [0.15, 0.2) is 5.82 Å². The lowest BCUT2D eigenvalue weighted by Gasteiger charge is -2.18. The zero-order valence-corrected chi connectivity index (χ0v) is 10.0. The maximum atomic E-state index is 5.81. The number of anilines is 1. The first-order chi connectivity index (χ1) is 7.59. The highest BCUT2D eigenvalue weighted by Crippen LogP contribution is 2.24. The molecule has 4 heteroatoms. The smallest absolute Gasteiger partial charge is 0.158 e. The summed E-state index contributed by atoms with van der Waals surface area (Å²) in [6.45, 7) is 2.81. The van der Waals surface area contributed by atoms with E-state index in [4.69, 9.17) is 5.73 Å². The van der Waals surface area contributed by atoms with E-state index >= 15 is 0 Å². The zero-order valence-electron chi connectivity index (χ0n) is 10.0. The van der Waals surface area contributed by atoms with Crippen LogP contribution in [-0.4, -0.2) is 29.4 Å². The Morgan fingerprint density at radius 2 is 2.12 bits per heavy atom. The summed E-state index contributed by atoms with van der Waals surface area (Å²) in [4.78, 5) is 2.10. The quantitative estimate of drug-likeness (QED) is 0.846. The summed E-state index contributed by atoms with van der Waals surface area (Å²) in [5, 5.41) is 5.70. The lowest BCUT2D eigenvalue weighted by Crippen LogP contribution is -2.33. The molecule has 1 aromatic carbocycles. The third kappa shape index (κ3) is 1.88. The van der Waals surface area contributed by atoms with Crippen LogP contribution in [-0.2, 0) is 7.05 Å². The molecule has 0 spiro atoms. The molecule has 1 atom stereocenters. The molecule has 1 unspecified atom stereocenters. The van der Waals surface area contributed by atoms with E-state index in [1.807, 2.05) is 37.8 Å². The SMILES string of the molecule is CC(N)CN(C)c1nn(C)c2ccccc12. The lowest BCUT2D eigenvalue weighted by atomic mass is 10.2. The molecule has 86 valence electrons. The lowest BCUT2D eigenvalue weighted by molar-refractivity contribution is 0.700. The van der Waals surface area contributed by atoms with E-state index in [9.17, 15) is 0 Å². The first kappa shape index (κ1) is 11.0. The molecule has 0 aliphatic carbocycles. The average molecular weight is 218 g/mol. The number of hydrogen-bond acceptors (Lipinski definition) is 3. The summed E-state index contributed by atoms with van der Waals surface area (Å²) in [5.74, 6) is 0.996. The van der Waals surface area contributed by atoms with Crippen LogP contribution < -0.4 is 10.6 Å². The number of fused-ring (bicyclic) bond motifs is 1. The predicted octanol–water partition coefficient (Wildman–Crippen LogP) is 1.36. The second-order valence-electron chi connectivity index (χ2n) is 4.32. The topological polar surface area (TPSA) is 47.1 Å². The van der Waals surface area contributed by atoms with Crippen molar-refractivity contribution in [1.82, 2.24) is 9.78 Å². The van der Waals surface area contributed by atoms with Crippen molar-refractivity contribution in [3.63, 3.8) is 0 Å². The van der Waals surface area contributed by atoms with Crippen molar-refractivity contribution < 1.29 is 0 Å². The van der Waals surface area contributed by atoms with Crippen LogP contribution >= 0.6 is 0 Å². The predicted molar refractivity (Wildman–Crippen MR) is 67.6 cm³/mol. The van der Waals surface area contributed by atoms with Crippen LogP contribution in [0.15, 0.2) is 24.3 Å². The van der Waals surface area contributed by atoms with Crippen molar-refractivity contribution in [3.05, 3.63) is 24.3 Å². The molecule has 0 aliphatic heterocycles. The van der Waals surface area contributed by atoms with Crippen LogP contribution in [0.3, 0.4) is 0 Å². The van der Waals surface area contributed by atoms with E-state index in [-0.39, 0.29) is 6.04 Å². The van der Waals surface area contributed by atoms with Gasteiger partial charge in [-0.2, -0.15) is 5.10 Å². The van der Waals surface area contributed by atoms with E-state index in [1.165, 1.54) is 5.39 Å². The third-order valence-corrected chi connectivity index (χ3v) is 2.66. The van der Waals surface area contributed by atoms with Crippen molar-refractivity contribution in [2.24, 2.45) is 12.8 Å². The van der Waals surface area contributed by atoms with E-state index in [2.05, 4.69) is 22.1 Å². The number of rotatable bonds is 3. The number of benzene rings is 1. The van der Waals surface area contributed by atoms with E-state index in [0.717, 1.165) is 17.9 Å². The van der Waals surface area contributed by atoms with E-state index < -0.39 is 0 Å². The molecule has 2 rings (SSSR count). The highest BCUT2D eigenvalue weighted by Gasteiger charge is 2.12. The second kappa shape index (κ2) is 4.14. The maximum Gasteiger partial charge on any atom is 0.158 e. The van der Waals surface area contributed by atoms with Gasteiger partial charge in [0.1, 0.15) is 0 Å². The number of nitrogens with two attached hydrogens (primary N) is 1. The van der Waals surface area contributed by atoms with Gasteiger partial charge in [-0.25, -0.2) is 0 Å². The molecular weight excluding hydrogens is 200 g/mol. The molecule has 0 saturated carbocycles. The molecule has 0 saturated heterocycles. The Hall–Kier alpha value is -1.55. The summed E-state index contributed by atoms with van der Waals surface area (Å²) in [6.07, 6.45) is 0. The largest absolute Gasteiger partial charge is 0.356 e. The van der Waals surface area contributed by atoms with Crippen LogP contribution in [0.4, 0.5) is 5.82 Å². The Labute approximate surface area is 95.6 Å². The van der Waals surface area contributed by atoms with Crippen molar-refractivity contribution >= 4 is 16.7 Å². The van der Waals surface area contributed by atoms with Gasteiger partial charge in [-0.3, -0.25) is 4.68 Å². The maximum absolute atomic E-state index is 5.81. The first-order valence-corrected chi connectivity index (χ1v) is 5.48. The second-order valence-corrected chi connectivity index (χ2v) is 4.32. The van der Waals surface area contributed by atoms with Gasteiger partial charge < -0.3 is 10.6 Å². The van der Waals surface area contributed by atoms with Gasteiger partial charge >= 0.3 is 0 Å². The van der Waals surface area contributed by atoms with Crippen LogP contribution in [0, 0.1) is 0 Å². The fourth-order valence-electron chi connectivity index (χ4n) is 2.00.